The first kappa shape index (κ1) is 29.5. The smallest absolute Gasteiger partial charge is 0.416 e. The van der Waals surface area contributed by atoms with Gasteiger partial charge in [-0.05, 0) is 62.2 Å². The Labute approximate surface area is 237 Å². The van der Waals surface area contributed by atoms with Crippen LogP contribution < -0.4 is 10.6 Å². The van der Waals surface area contributed by atoms with Crippen LogP contribution in [0.4, 0.5) is 24.5 Å². The van der Waals surface area contributed by atoms with Crippen molar-refractivity contribution in [3.05, 3.63) is 73.7 Å². The number of carboxylic acid groups (broad SMARTS) is 1. The molecule has 0 bridgehead atoms. The minimum absolute atomic E-state index is 0.0660. The Kier molecular flexibility index (Phi) is 8.81. The topological polar surface area (TPSA) is 112 Å². The lowest BCUT2D eigenvalue weighted by atomic mass is 9.96. The summed E-state index contributed by atoms with van der Waals surface area (Å²) >= 11 is 6.99. The number of thiazole rings is 1. The molecule has 2 amide bonds. The quantitative estimate of drug-likeness (QED) is 0.290. The van der Waals surface area contributed by atoms with Crippen molar-refractivity contribution in [3.63, 3.8) is 0 Å². The first-order chi connectivity index (χ1) is 18.8. The van der Waals surface area contributed by atoms with Crippen molar-refractivity contribution in [1.82, 2.24) is 9.88 Å². The molecule has 0 unspecified atom stereocenters. The van der Waals surface area contributed by atoms with Gasteiger partial charge in [-0.3, -0.25) is 14.5 Å². The summed E-state index contributed by atoms with van der Waals surface area (Å²) in [6.07, 6.45) is -5.08. The van der Waals surface area contributed by atoms with Gasteiger partial charge in [-0.15, -0.1) is 11.3 Å². The van der Waals surface area contributed by atoms with Crippen molar-refractivity contribution < 1.29 is 32.7 Å². The van der Waals surface area contributed by atoms with E-state index in [9.17, 15) is 32.7 Å². The van der Waals surface area contributed by atoms with Gasteiger partial charge in [0.15, 0.2) is 5.01 Å². The highest BCUT2D eigenvalue weighted by atomic mass is 35.5. The largest absolute Gasteiger partial charge is 0.478 e. The van der Waals surface area contributed by atoms with Gasteiger partial charge in [-0.25, -0.2) is 9.78 Å². The highest BCUT2D eigenvalue weighted by Gasteiger charge is 2.36. The van der Waals surface area contributed by atoms with E-state index in [-0.39, 0.29) is 17.1 Å². The summed E-state index contributed by atoms with van der Waals surface area (Å²) in [4.78, 5) is 44.8. The van der Waals surface area contributed by atoms with Crippen LogP contribution in [0.3, 0.4) is 0 Å². The number of nitrogens with zero attached hydrogens (tertiary/aromatic N) is 2. The number of fused-ring (bicyclic) bond motifs is 1. The molecule has 0 fully saturated rings. The second kappa shape index (κ2) is 11.9. The average molecular weight is 595 g/mol. The number of benzene rings is 2. The molecule has 1 aliphatic rings. The van der Waals surface area contributed by atoms with Crippen LogP contribution in [0.1, 0.15) is 62.1 Å². The second-order valence-corrected chi connectivity index (χ2v) is 11.1. The number of alkyl halides is 3. The number of hydrogen-bond donors (Lipinski definition) is 3. The molecule has 40 heavy (non-hydrogen) atoms. The Morgan fingerprint density at radius 3 is 2.48 bits per heavy atom. The third-order valence-corrected chi connectivity index (χ3v) is 7.80. The second-order valence-electron chi connectivity index (χ2n) is 9.57. The number of amides is 2. The Hall–Kier alpha value is -3.48. The number of hydrogen-bond acceptors (Lipinski definition) is 6. The summed E-state index contributed by atoms with van der Waals surface area (Å²) in [6, 6.07) is 7.96. The monoisotopic (exact) mass is 594 g/mol. The predicted molar refractivity (Wildman–Crippen MR) is 146 cm³/mol. The molecule has 0 saturated heterocycles. The van der Waals surface area contributed by atoms with Crippen LogP contribution in [0.5, 0.6) is 0 Å². The van der Waals surface area contributed by atoms with Gasteiger partial charge >= 0.3 is 12.1 Å². The van der Waals surface area contributed by atoms with Gasteiger partial charge < -0.3 is 15.7 Å². The Morgan fingerprint density at radius 2 is 1.85 bits per heavy atom. The van der Waals surface area contributed by atoms with Gasteiger partial charge in [0.05, 0.1) is 16.8 Å². The lowest BCUT2D eigenvalue weighted by Gasteiger charge is -2.29. The molecule has 0 saturated carbocycles. The van der Waals surface area contributed by atoms with Gasteiger partial charge in [-0.1, -0.05) is 11.6 Å². The molecule has 1 aromatic heterocycles. The van der Waals surface area contributed by atoms with Crippen molar-refractivity contribution >= 4 is 52.1 Å². The molecule has 212 valence electrons. The van der Waals surface area contributed by atoms with Crippen molar-refractivity contribution in [3.8, 4) is 0 Å². The summed E-state index contributed by atoms with van der Waals surface area (Å²) in [5, 5.41) is 15.0. The van der Waals surface area contributed by atoms with Gasteiger partial charge in [0.25, 0.3) is 5.91 Å². The molecule has 0 radical (unpaired) electrons. The van der Waals surface area contributed by atoms with E-state index in [1.165, 1.54) is 0 Å². The van der Waals surface area contributed by atoms with E-state index >= 15 is 0 Å². The van der Waals surface area contributed by atoms with Crippen molar-refractivity contribution in [2.45, 2.75) is 51.9 Å². The van der Waals surface area contributed by atoms with E-state index in [1.807, 2.05) is 0 Å². The van der Waals surface area contributed by atoms with E-state index in [0.717, 1.165) is 34.5 Å². The zero-order valence-electron chi connectivity index (χ0n) is 21.6. The molecule has 0 aliphatic carbocycles. The van der Waals surface area contributed by atoms with Crippen LogP contribution >= 0.6 is 22.9 Å². The summed E-state index contributed by atoms with van der Waals surface area (Å²) < 4.78 is 42.2. The van der Waals surface area contributed by atoms with Gasteiger partial charge in [-0.2, -0.15) is 13.2 Å². The minimum Gasteiger partial charge on any atom is -0.478 e. The Balaban J connectivity index is 1.62. The molecule has 3 N–H and O–H groups in total. The zero-order valence-corrected chi connectivity index (χ0v) is 23.1. The van der Waals surface area contributed by atoms with Crippen molar-refractivity contribution in [2.75, 3.05) is 17.2 Å². The number of carboxylic acids is 1. The molecule has 1 aliphatic heterocycles. The van der Waals surface area contributed by atoms with Crippen molar-refractivity contribution in [1.29, 1.82) is 0 Å². The molecule has 4 rings (SSSR count). The third kappa shape index (κ3) is 6.98. The molecule has 8 nitrogen and oxygen atoms in total. The molecule has 13 heteroatoms. The highest BCUT2D eigenvalue weighted by molar-refractivity contribution is 7.13. The number of aromatic nitrogens is 1. The standard InChI is InChI=1S/C27H26ClF3N4O4S/c1-14(2)35-10-9-20-22(13-35)40-25(34-20)24(37)33-21-12-15(26(38)39)11-19(27(29,30)31)18(21)7-8-23(36)32-17-5-3-16(28)4-6-17/h3-6,11-12,14H,7-10,13H2,1-2H3,(H,32,36)(H,33,37)(H,38,39). The SMILES string of the molecule is CC(C)N1CCc2nc(C(=O)Nc3cc(C(=O)O)cc(C(F)(F)F)c3CCC(=O)Nc3ccc(Cl)cc3)sc2C1. The number of anilines is 2. The maximum atomic E-state index is 14.1. The third-order valence-electron chi connectivity index (χ3n) is 6.47. The fourth-order valence-corrected chi connectivity index (χ4v) is 5.51. The van der Waals surface area contributed by atoms with E-state index in [0.29, 0.717) is 35.8 Å². The van der Waals surface area contributed by atoms with Crippen LogP contribution in [0.2, 0.25) is 5.02 Å². The van der Waals surface area contributed by atoms with E-state index in [1.54, 1.807) is 24.3 Å². The Morgan fingerprint density at radius 1 is 1.15 bits per heavy atom. The molecule has 3 aromatic rings. The maximum absolute atomic E-state index is 14.1. The molecule has 0 atom stereocenters. The summed E-state index contributed by atoms with van der Waals surface area (Å²) in [5.74, 6) is -2.91. The minimum atomic E-state index is -4.94. The van der Waals surface area contributed by atoms with Crippen molar-refractivity contribution in [2.24, 2.45) is 0 Å². The van der Waals surface area contributed by atoms with Gasteiger partial charge in [0, 0.05) is 53.2 Å². The maximum Gasteiger partial charge on any atom is 0.416 e. The normalized spacial score (nSPS) is 13.7. The van der Waals surface area contributed by atoms with Crippen LogP contribution in [0.25, 0.3) is 0 Å². The first-order valence-electron chi connectivity index (χ1n) is 12.4. The average Bonchev–Trinajstić information content (AvgIpc) is 3.32. The van der Waals surface area contributed by atoms with Crippen LogP contribution in [-0.4, -0.2) is 45.4 Å². The van der Waals surface area contributed by atoms with E-state index in [4.69, 9.17) is 11.6 Å². The molecular weight excluding hydrogens is 569 g/mol. The molecule has 2 aromatic carbocycles. The fourth-order valence-electron chi connectivity index (χ4n) is 4.35. The number of carbonyl (C=O) groups excluding carboxylic acids is 2. The van der Waals surface area contributed by atoms with Crippen LogP contribution in [0, 0.1) is 0 Å². The highest BCUT2D eigenvalue weighted by Crippen LogP contribution is 2.38. The summed E-state index contributed by atoms with van der Waals surface area (Å²) in [7, 11) is 0. The lowest BCUT2D eigenvalue weighted by molar-refractivity contribution is -0.138. The van der Waals surface area contributed by atoms with E-state index in [2.05, 4.69) is 34.4 Å². The van der Waals surface area contributed by atoms with E-state index < -0.39 is 47.1 Å². The predicted octanol–water partition coefficient (Wildman–Crippen LogP) is 6.10. The number of nitrogens with one attached hydrogen (secondary N) is 2. The number of rotatable bonds is 8. The lowest BCUT2D eigenvalue weighted by Crippen LogP contribution is -2.35. The Bertz CT molecular complexity index is 1440. The summed E-state index contributed by atoms with van der Waals surface area (Å²) in [5.41, 5.74) is -1.46. The zero-order chi connectivity index (χ0) is 29.2. The number of carbonyl (C=O) groups is 3. The number of aromatic carboxylic acids is 1. The molecule has 0 spiro atoms. The van der Waals surface area contributed by atoms with Crippen LogP contribution in [-0.2, 0) is 30.4 Å². The first-order valence-corrected chi connectivity index (χ1v) is 13.6. The number of halogens is 4. The van der Waals surface area contributed by atoms with Gasteiger partial charge in [0.2, 0.25) is 5.91 Å². The van der Waals surface area contributed by atoms with Crippen LogP contribution in [0.15, 0.2) is 36.4 Å². The molecular formula is C27H26ClF3N4O4S. The fraction of sp³-hybridized carbons (Fsp3) is 0.333. The van der Waals surface area contributed by atoms with Gasteiger partial charge in [0.1, 0.15) is 0 Å². The molecule has 2 heterocycles. The summed E-state index contributed by atoms with van der Waals surface area (Å²) in [6.45, 7) is 5.50.